The molecule has 0 aliphatic heterocycles. The number of fused-ring (bicyclic) bond motifs is 1. The summed E-state index contributed by atoms with van der Waals surface area (Å²) in [6.07, 6.45) is 7.31. The Balaban J connectivity index is 2.37. The Bertz CT molecular complexity index is 392. The summed E-state index contributed by atoms with van der Waals surface area (Å²) >= 11 is 0. The highest BCUT2D eigenvalue weighted by molar-refractivity contribution is 5.33. The predicted octanol–water partition coefficient (Wildman–Crippen LogP) is 2.39. The molecule has 0 saturated carbocycles. The maximum absolute atomic E-state index is 11.1. The lowest BCUT2D eigenvalue weighted by Gasteiger charge is -2.07. The van der Waals surface area contributed by atoms with E-state index in [9.17, 15) is 9.90 Å². The molecule has 0 saturated heterocycles. The van der Waals surface area contributed by atoms with Crippen molar-refractivity contribution in [2.45, 2.75) is 44.9 Å². The second-order valence-electron chi connectivity index (χ2n) is 4.12. The molecule has 0 bridgehead atoms. The van der Waals surface area contributed by atoms with Gasteiger partial charge < -0.3 is 9.52 Å². The molecule has 0 radical (unpaired) electrons. The molecule has 1 aliphatic rings. The molecule has 0 unspecified atom stereocenters. The lowest BCUT2D eigenvalue weighted by Crippen LogP contribution is -2.04. The first-order chi connectivity index (χ1) is 7.27. The van der Waals surface area contributed by atoms with Crippen LogP contribution in [0.25, 0.3) is 0 Å². The first-order valence-corrected chi connectivity index (χ1v) is 5.62. The summed E-state index contributed by atoms with van der Waals surface area (Å²) in [5.74, 6) is 0.810. The minimum Gasteiger partial charge on any atom is -0.507 e. The zero-order valence-corrected chi connectivity index (χ0v) is 8.79. The summed E-state index contributed by atoms with van der Waals surface area (Å²) in [5, 5.41) is 9.69. The fourth-order valence-electron chi connectivity index (χ4n) is 2.14. The van der Waals surface area contributed by atoms with Gasteiger partial charge in [-0.15, -0.1) is 0 Å². The summed E-state index contributed by atoms with van der Waals surface area (Å²) in [7, 11) is 0. The molecule has 1 aromatic heterocycles. The summed E-state index contributed by atoms with van der Waals surface area (Å²) in [4.78, 5) is 11.1. The van der Waals surface area contributed by atoms with Crippen LogP contribution in [0.15, 0.2) is 15.3 Å². The third kappa shape index (κ3) is 2.41. The van der Waals surface area contributed by atoms with Crippen LogP contribution < -0.4 is 5.63 Å². The van der Waals surface area contributed by atoms with Crippen LogP contribution in [0.4, 0.5) is 0 Å². The Kier molecular flexibility index (Phi) is 3.09. The third-order valence-corrected chi connectivity index (χ3v) is 2.95. The Labute approximate surface area is 88.7 Å². The quantitative estimate of drug-likeness (QED) is 0.712. The van der Waals surface area contributed by atoms with Gasteiger partial charge in [0.2, 0.25) is 0 Å². The van der Waals surface area contributed by atoms with Crippen LogP contribution in [0.1, 0.15) is 43.4 Å². The lowest BCUT2D eigenvalue weighted by atomic mass is 10.1. The van der Waals surface area contributed by atoms with E-state index in [4.69, 9.17) is 4.42 Å². The standard InChI is InChI=1S/C12H16O3/c13-10-8-12(14)15-11-7-5-3-1-2-4-6-9(10)11/h8,13H,1-7H2. The maximum Gasteiger partial charge on any atom is 0.339 e. The van der Waals surface area contributed by atoms with Crippen LogP contribution in [-0.4, -0.2) is 5.11 Å². The number of aromatic hydroxyl groups is 1. The zero-order chi connectivity index (χ0) is 10.7. The van der Waals surface area contributed by atoms with Gasteiger partial charge in [0.1, 0.15) is 11.5 Å². The minimum absolute atomic E-state index is 0.114. The van der Waals surface area contributed by atoms with Crippen molar-refractivity contribution in [3.63, 3.8) is 0 Å². The van der Waals surface area contributed by atoms with Gasteiger partial charge >= 0.3 is 5.63 Å². The lowest BCUT2D eigenvalue weighted by molar-refractivity contribution is 0.409. The van der Waals surface area contributed by atoms with Gasteiger partial charge in [-0.25, -0.2) is 4.79 Å². The number of hydrogen-bond acceptors (Lipinski definition) is 3. The number of aryl methyl sites for hydroxylation is 1. The van der Waals surface area contributed by atoms with Gasteiger partial charge in [-0.2, -0.15) is 0 Å². The normalized spacial score (nSPS) is 17.3. The molecule has 1 aromatic rings. The molecular formula is C12H16O3. The van der Waals surface area contributed by atoms with E-state index in [1.54, 1.807) is 0 Å². The van der Waals surface area contributed by atoms with Gasteiger partial charge in [-0.3, -0.25) is 0 Å². The van der Waals surface area contributed by atoms with Crippen LogP contribution in [0.3, 0.4) is 0 Å². The second kappa shape index (κ2) is 4.51. The average Bonchev–Trinajstić information content (AvgIpc) is 2.29. The van der Waals surface area contributed by atoms with Crippen LogP contribution in [0.2, 0.25) is 0 Å². The van der Waals surface area contributed by atoms with Crippen LogP contribution >= 0.6 is 0 Å². The van der Waals surface area contributed by atoms with Crippen molar-refractivity contribution in [2.24, 2.45) is 0 Å². The molecule has 0 amide bonds. The summed E-state index contributed by atoms with van der Waals surface area (Å²) < 4.78 is 5.16. The van der Waals surface area contributed by atoms with E-state index in [0.717, 1.165) is 31.2 Å². The van der Waals surface area contributed by atoms with Gasteiger partial charge in [0.15, 0.2) is 0 Å². The molecule has 2 rings (SSSR count). The Morgan fingerprint density at radius 2 is 1.73 bits per heavy atom. The summed E-state index contributed by atoms with van der Waals surface area (Å²) in [6.45, 7) is 0. The van der Waals surface area contributed by atoms with Gasteiger partial charge in [-0.05, 0) is 19.3 Å². The van der Waals surface area contributed by atoms with Crippen molar-refractivity contribution in [3.8, 4) is 5.75 Å². The molecule has 1 N–H and O–H groups in total. The van der Waals surface area contributed by atoms with E-state index >= 15 is 0 Å². The van der Waals surface area contributed by atoms with E-state index in [0.29, 0.717) is 5.76 Å². The molecule has 15 heavy (non-hydrogen) atoms. The van der Waals surface area contributed by atoms with Gasteiger partial charge in [0.25, 0.3) is 0 Å². The van der Waals surface area contributed by atoms with Gasteiger partial charge in [0, 0.05) is 12.0 Å². The molecule has 1 heterocycles. The van der Waals surface area contributed by atoms with Crippen molar-refractivity contribution < 1.29 is 9.52 Å². The Morgan fingerprint density at radius 1 is 1.07 bits per heavy atom. The van der Waals surface area contributed by atoms with E-state index in [2.05, 4.69) is 0 Å². The highest BCUT2D eigenvalue weighted by Crippen LogP contribution is 2.25. The van der Waals surface area contributed by atoms with Crippen molar-refractivity contribution in [1.29, 1.82) is 0 Å². The Morgan fingerprint density at radius 3 is 2.53 bits per heavy atom. The van der Waals surface area contributed by atoms with E-state index in [1.165, 1.54) is 25.3 Å². The molecule has 82 valence electrons. The van der Waals surface area contributed by atoms with Gasteiger partial charge in [-0.1, -0.05) is 19.3 Å². The summed E-state index contributed by atoms with van der Waals surface area (Å²) in [6, 6.07) is 1.18. The van der Waals surface area contributed by atoms with Crippen molar-refractivity contribution >= 4 is 0 Å². The molecule has 0 aromatic carbocycles. The topological polar surface area (TPSA) is 50.4 Å². The number of hydrogen-bond donors (Lipinski definition) is 1. The zero-order valence-electron chi connectivity index (χ0n) is 8.79. The second-order valence-corrected chi connectivity index (χ2v) is 4.12. The first-order valence-electron chi connectivity index (χ1n) is 5.62. The van der Waals surface area contributed by atoms with E-state index in [1.807, 2.05) is 0 Å². The molecule has 1 aliphatic carbocycles. The smallest absolute Gasteiger partial charge is 0.339 e. The largest absolute Gasteiger partial charge is 0.507 e. The Hall–Kier alpha value is -1.25. The third-order valence-electron chi connectivity index (χ3n) is 2.95. The maximum atomic E-state index is 11.1. The van der Waals surface area contributed by atoms with Crippen LogP contribution in [-0.2, 0) is 12.8 Å². The van der Waals surface area contributed by atoms with E-state index < -0.39 is 5.63 Å². The van der Waals surface area contributed by atoms with Gasteiger partial charge in [0.05, 0.1) is 6.07 Å². The molecule has 0 fully saturated rings. The molecule has 3 heteroatoms. The fourth-order valence-corrected chi connectivity index (χ4v) is 2.14. The van der Waals surface area contributed by atoms with Crippen LogP contribution in [0.5, 0.6) is 5.75 Å². The minimum atomic E-state index is -0.439. The monoisotopic (exact) mass is 208 g/mol. The predicted molar refractivity (Wildman–Crippen MR) is 57.1 cm³/mol. The average molecular weight is 208 g/mol. The highest BCUT2D eigenvalue weighted by Gasteiger charge is 2.13. The molecule has 0 spiro atoms. The fraction of sp³-hybridized carbons (Fsp3) is 0.583. The molecule has 3 nitrogen and oxygen atoms in total. The van der Waals surface area contributed by atoms with Crippen molar-refractivity contribution in [3.05, 3.63) is 27.8 Å². The van der Waals surface area contributed by atoms with Crippen molar-refractivity contribution in [2.75, 3.05) is 0 Å². The molecule has 0 atom stereocenters. The number of rotatable bonds is 0. The SMILES string of the molecule is O=c1cc(O)c2c(o1)CCCCCCC2. The van der Waals surface area contributed by atoms with Crippen LogP contribution in [0, 0.1) is 0 Å². The molecular weight excluding hydrogens is 192 g/mol. The highest BCUT2D eigenvalue weighted by atomic mass is 16.4. The first kappa shape index (κ1) is 10.3. The van der Waals surface area contributed by atoms with E-state index in [-0.39, 0.29) is 5.75 Å². The van der Waals surface area contributed by atoms with Crippen molar-refractivity contribution in [1.82, 2.24) is 0 Å². The summed E-state index contributed by atoms with van der Waals surface area (Å²) in [5.41, 5.74) is 0.405.